The number of carboxylic acids is 1. The molecule has 0 radical (unpaired) electrons. The Morgan fingerprint density at radius 3 is 2.73 bits per heavy atom. The molecule has 22 heavy (non-hydrogen) atoms. The molecule has 0 aliphatic carbocycles. The lowest BCUT2D eigenvalue weighted by Gasteiger charge is -2.34. The molecule has 1 aliphatic rings. The fourth-order valence-electron chi connectivity index (χ4n) is 2.17. The van der Waals surface area contributed by atoms with Gasteiger partial charge in [0, 0.05) is 6.54 Å². The Labute approximate surface area is 127 Å². The number of hydrogen-bond donors (Lipinski definition) is 2. The van der Waals surface area contributed by atoms with Crippen LogP contribution in [0, 0.1) is 0 Å². The van der Waals surface area contributed by atoms with Crippen LogP contribution in [0.25, 0.3) is 0 Å². The molecule has 0 spiro atoms. The van der Waals surface area contributed by atoms with Gasteiger partial charge in [0.2, 0.25) is 11.8 Å². The van der Waals surface area contributed by atoms with Crippen LogP contribution in [-0.4, -0.2) is 53.1 Å². The van der Waals surface area contributed by atoms with Gasteiger partial charge in [0.25, 0.3) is 0 Å². The summed E-state index contributed by atoms with van der Waals surface area (Å²) < 4.78 is 5.13. The van der Waals surface area contributed by atoms with E-state index in [0.717, 1.165) is 5.56 Å². The number of rotatable bonds is 5. The zero-order valence-electron chi connectivity index (χ0n) is 12.2. The summed E-state index contributed by atoms with van der Waals surface area (Å²) >= 11 is 0. The lowest BCUT2D eigenvalue weighted by atomic mass is 10.1. The molecule has 118 valence electrons. The lowest BCUT2D eigenvalue weighted by molar-refractivity contribution is -0.156. The van der Waals surface area contributed by atoms with Gasteiger partial charge in [-0.2, -0.15) is 0 Å². The van der Waals surface area contributed by atoms with Crippen LogP contribution >= 0.6 is 0 Å². The Hall–Kier alpha value is -2.41. The number of amides is 2. The number of carbonyl (C=O) groups excluding carboxylic acids is 2. The molecule has 0 unspecified atom stereocenters. The number of benzene rings is 1. The van der Waals surface area contributed by atoms with E-state index in [1.807, 2.05) is 30.3 Å². The number of carbonyl (C=O) groups is 3. The first-order valence-corrected chi connectivity index (χ1v) is 6.93. The molecule has 1 aromatic carbocycles. The third kappa shape index (κ3) is 3.82. The maximum atomic E-state index is 12.2. The predicted molar refractivity (Wildman–Crippen MR) is 76.8 cm³/mol. The second-order valence-corrected chi connectivity index (χ2v) is 5.11. The van der Waals surface area contributed by atoms with Crippen LogP contribution in [0.15, 0.2) is 30.3 Å². The number of aliphatic carboxylic acids is 1. The molecule has 1 aromatic rings. The zero-order chi connectivity index (χ0) is 16.1. The fraction of sp³-hybridized carbons (Fsp3) is 0.400. The molecule has 1 aliphatic heterocycles. The standard InChI is InChI=1S/C15H18N2O5/c1-10(15(20)21)16-14(19)12-8-22-9-13(18)17(12)7-11-5-3-2-4-6-11/h2-6,10,12H,7-9H2,1H3,(H,16,19)(H,20,21)/t10-,12-/m1/s1. The molecular formula is C15H18N2O5. The van der Waals surface area contributed by atoms with Crippen molar-refractivity contribution < 1.29 is 24.2 Å². The van der Waals surface area contributed by atoms with Crippen molar-refractivity contribution >= 4 is 17.8 Å². The monoisotopic (exact) mass is 306 g/mol. The van der Waals surface area contributed by atoms with Gasteiger partial charge in [0.05, 0.1) is 6.61 Å². The van der Waals surface area contributed by atoms with E-state index in [2.05, 4.69) is 5.32 Å². The summed E-state index contributed by atoms with van der Waals surface area (Å²) in [6, 6.07) is 7.42. The summed E-state index contributed by atoms with van der Waals surface area (Å²) in [5.74, 6) is -1.96. The smallest absolute Gasteiger partial charge is 0.325 e. The Balaban J connectivity index is 2.11. The van der Waals surface area contributed by atoms with Gasteiger partial charge in [-0.3, -0.25) is 14.4 Å². The van der Waals surface area contributed by atoms with Crippen LogP contribution in [-0.2, 0) is 25.7 Å². The van der Waals surface area contributed by atoms with E-state index in [1.165, 1.54) is 11.8 Å². The summed E-state index contributed by atoms with van der Waals surface area (Å²) in [7, 11) is 0. The van der Waals surface area contributed by atoms with Crippen LogP contribution < -0.4 is 5.32 Å². The van der Waals surface area contributed by atoms with Crippen molar-refractivity contribution in [2.75, 3.05) is 13.2 Å². The minimum atomic E-state index is -1.13. The SMILES string of the molecule is C[C@@H](NC(=O)[C@H]1COCC(=O)N1Cc1ccccc1)C(=O)O. The molecule has 2 rings (SSSR count). The summed E-state index contributed by atoms with van der Waals surface area (Å²) in [5.41, 5.74) is 0.891. The van der Waals surface area contributed by atoms with Crippen molar-refractivity contribution in [1.82, 2.24) is 10.2 Å². The van der Waals surface area contributed by atoms with E-state index in [1.54, 1.807) is 0 Å². The molecule has 1 fully saturated rings. The molecular weight excluding hydrogens is 288 g/mol. The number of nitrogens with one attached hydrogen (secondary N) is 1. The van der Waals surface area contributed by atoms with E-state index < -0.39 is 24.0 Å². The normalized spacial score (nSPS) is 19.6. The molecule has 2 N–H and O–H groups in total. The topological polar surface area (TPSA) is 95.9 Å². The van der Waals surface area contributed by atoms with Gasteiger partial charge in [-0.1, -0.05) is 30.3 Å². The number of carboxylic acid groups (broad SMARTS) is 1. The molecule has 2 amide bonds. The molecule has 0 aromatic heterocycles. The van der Waals surface area contributed by atoms with Crippen molar-refractivity contribution in [1.29, 1.82) is 0 Å². The van der Waals surface area contributed by atoms with Crippen molar-refractivity contribution in [3.05, 3.63) is 35.9 Å². The van der Waals surface area contributed by atoms with Crippen molar-refractivity contribution in [3.8, 4) is 0 Å². The highest BCUT2D eigenvalue weighted by atomic mass is 16.5. The maximum Gasteiger partial charge on any atom is 0.325 e. The molecule has 1 saturated heterocycles. The van der Waals surface area contributed by atoms with Crippen molar-refractivity contribution in [2.45, 2.75) is 25.6 Å². The first kappa shape index (κ1) is 16.0. The fourth-order valence-corrected chi connectivity index (χ4v) is 2.17. The summed E-state index contributed by atoms with van der Waals surface area (Å²) in [5, 5.41) is 11.2. The zero-order valence-corrected chi connectivity index (χ0v) is 12.2. The van der Waals surface area contributed by atoms with Crippen molar-refractivity contribution in [2.24, 2.45) is 0 Å². The first-order chi connectivity index (χ1) is 10.5. The third-order valence-electron chi connectivity index (χ3n) is 3.43. The highest BCUT2D eigenvalue weighted by molar-refractivity contribution is 5.91. The summed E-state index contributed by atoms with van der Waals surface area (Å²) in [6.45, 7) is 1.62. The Morgan fingerprint density at radius 2 is 2.09 bits per heavy atom. The molecule has 7 heteroatoms. The van der Waals surface area contributed by atoms with Gasteiger partial charge in [-0.05, 0) is 12.5 Å². The van der Waals surface area contributed by atoms with E-state index >= 15 is 0 Å². The second-order valence-electron chi connectivity index (χ2n) is 5.11. The maximum absolute atomic E-state index is 12.2. The number of morpholine rings is 1. The van der Waals surface area contributed by atoms with Crippen LogP contribution in [0.5, 0.6) is 0 Å². The van der Waals surface area contributed by atoms with Crippen LogP contribution in [0.3, 0.4) is 0 Å². The van der Waals surface area contributed by atoms with Gasteiger partial charge >= 0.3 is 5.97 Å². The van der Waals surface area contributed by atoms with E-state index in [4.69, 9.17) is 9.84 Å². The number of ether oxygens (including phenoxy) is 1. The number of hydrogen-bond acceptors (Lipinski definition) is 4. The summed E-state index contributed by atoms with van der Waals surface area (Å²) in [6.07, 6.45) is 0. The van der Waals surface area contributed by atoms with E-state index in [-0.39, 0.29) is 25.7 Å². The Kier molecular flexibility index (Phi) is 5.11. The Bertz CT molecular complexity index is 560. The van der Waals surface area contributed by atoms with E-state index in [0.29, 0.717) is 0 Å². The number of nitrogens with zero attached hydrogens (tertiary/aromatic N) is 1. The average molecular weight is 306 g/mol. The summed E-state index contributed by atoms with van der Waals surface area (Å²) in [4.78, 5) is 36.5. The van der Waals surface area contributed by atoms with Crippen LogP contribution in [0.4, 0.5) is 0 Å². The average Bonchev–Trinajstić information content (AvgIpc) is 2.50. The van der Waals surface area contributed by atoms with Gasteiger partial charge in [-0.25, -0.2) is 0 Å². The largest absolute Gasteiger partial charge is 0.480 e. The predicted octanol–water partition coefficient (Wildman–Crippen LogP) is 0.00330. The van der Waals surface area contributed by atoms with Gasteiger partial charge in [-0.15, -0.1) is 0 Å². The van der Waals surface area contributed by atoms with Crippen LogP contribution in [0.1, 0.15) is 12.5 Å². The quantitative estimate of drug-likeness (QED) is 0.798. The first-order valence-electron chi connectivity index (χ1n) is 6.93. The molecule has 0 bridgehead atoms. The second kappa shape index (κ2) is 7.04. The highest BCUT2D eigenvalue weighted by Crippen LogP contribution is 2.14. The van der Waals surface area contributed by atoms with Gasteiger partial charge in [0.1, 0.15) is 18.7 Å². The highest BCUT2D eigenvalue weighted by Gasteiger charge is 2.35. The van der Waals surface area contributed by atoms with Gasteiger partial charge < -0.3 is 20.1 Å². The minimum Gasteiger partial charge on any atom is -0.480 e. The molecule has 7 nitrogen and oxygen atoms in total. The molecule has 2 atom stereocenters. The van der Waals surface area contributed by atoms with Crippen molar-refractivity contribution in [3.63, 3.8) is 0 Å². The Morgan fingerprint density at radius 1 is 1.41 bits per heavy atom. The van der Waals surface area contributed by atoms with Crippen LogP contribution in [0.2, 0.25) is 0 Å². The lowest BCUT2D eigenvalue weighted by Crippen LogP contribution is -2.57. The van der Waals surface area contributed by atoms with Gasteiger partial charge in [0.15, 0.2) is 0 Å². The van der Waals surface area contributed by atoms with E-state index in [9.17, 15) is 14.4 Å². The third-order valence-corrected chi connectivity index (χ3v) is 3.43. The molecule has 1 heterocycles. The molecule has 0 saturated carbocycles. The minimum absolute atomic E-state index is 0.0523.